The molecule has 0 N–H and O–H groups in total. The third kappa shape index (κ3) is 4.79. The highest BCUT2D eigenvalue weighted by Crippen LogP contribution is 2.28. The molecule has 1 aromatic rings. The van der Waals surface area contributed by atoms with Gasteiger partial charge in [0.15, 0.2) is 17.4 Å². The molecule has 0 unspecified atom stereocenters. The summed E-state index contributed by atoms with van der Waals surface area (Å²) in [4.78, 5) is 11.8. The smallest absolute Gasteiger partial charge is 0.387 e. The fourth-order valence-electron chi connectivity index (χ4n) is 1.92. The Morgan fingerprint density at radius 3 is 2.33 bits per heavy atom. The lowest BCUT2D eigenvalue weighted by atomic mass is 10.3. The summed E-state index contributed by atoms with van der Waals surface area (Å²) in [6.07, 6.45) is -1.72. The van der Waals surface area contributed by atoms with Crippen molar-refractivity contribution >= 4 is 5.97 Å². The molecular formula is C14H14F4O6. The van der Waals surface area contributed by atoms with E-state index in [4.69, 9.17) is 18.9 Å². The average Bonchev–Trinajstić information content (AvgIpc) is 2.52. The normalized spacial score (nSPS) is 20.9. The number of carbonyl (C=O) groups is 1. The molecule has 1 heterocycles. The van der Waals surface area contributed by atoms with Crippen LogP contribution in [0.2, 0.25) is 0 Å². The van der Waals surface area contributed by atoms with Gasteiger partial charge in [0.05, 0.1) is 13.2 Å². The van der Waals surface area contributed by atoms with Crippen molar-refractivity contribution in [3.8, 4) is 11.5 Å². The van der Waals surface area contributed by atoms with Crippen molar-refractivity contribution in [2.24, 2.45) is 0 Å². The number of halogens is 4. The van der Waals surface area contributed by atoms with Crippen LogP contribution in [0.1, 0.15) is 6.92 Å². The number of ether oxygens (including phenoxy) is 5. The van der Waals surface area contributed by atoms with Gasteiger partial charge in [-0.05, 0) is 6.92 Å². The number of rotatable bonds is 6. The summed E-state index contributed by atoms with van der Waals surface area (Å²) in [5.41, 5.74) is 0. The zero-order valence-electron chi connectivity index (χ0n) is 12.5. The van der Waals surface area contributed by atoms with Gasteiger partial charge in [0.1, 0.15) is 11.9 Å². The number of hydrogen-bond donors (Lipinski definition) is 0. The second kappa shape index (κ2) is 8.27. The molecule has 0 saturated carbocycles. The molecule has 1 saturated heterocycles. The van der Waals surface area contributed by atoms with Crippen LogP contribution in [0.4, 0.5) is 17.6 Å². The van der Waals surface area contributed by atoms with Crippen LogP contribution < -0.4 is 9.47 Å². The number of carbonyl (C=O) groups excluding carboxylic acids is 1. The summed E-state index contributed by atoms with van der Waals surface area (Å²) in [5, 5.41) is 0. The predicted molar refractivity (Wildman–Crippen MR) is 69.7 cm³/mol. The summed E-state index contributed by atoms with van der Waals surface area (Å²) in [6.45, 7) is -1.01. The summed E-state index contributed by atoms with van der Waals surface area (Å²) in [5.74, 6) is -5.75. The predicted octanol–water partition coefficient (Wildman–Crippen LogP) is 2.25. The van der Waals surface area contributed by atoms with Gasteiger partial charge in [0.2, 0.25) is 0 Å². The quantitative estimate of drug-likeness (QED) is 0.444. The van der Waals surface area contributed by atoms with Gasteiger partial charge in [-0.1, -0.05) is 0 Å². The lowest BCUT2D eigenvalue weighted by molar-refractivity contribution is -0.231. The Bertz CT molecular complexity index is 551. The standard InChI is InChI=1S/C14H14F4O6/c1-2-20-8-5-21-13(22-6-8)12(19)23-7-3-9(15)11(10(16)4-7)24-14(17)18/h3-4,8,13-14H,2,5-6H2,1H3. The molecular weight excluding hydrogens is 340 g/mol. The molecule has 24 heavy (non-hydrogen) atoms. The molecule has 0 bridgehead atoms. The monoisotopic (exact) mass is 354 g/mol. The van der Waals surface area contributed by atoms with E-state index in [1.165, 1.54) is 0 Å². The highest BCUT2D eigenvalue weighted by atomic mass is 19.3. The Balaban J connectivity index is 1.97. The zero-order valence-corrected chi connectivity index (χ0v) is 12.5. The van der Waals surface area contributed by atoms with Crippen LogP contribution >= 0.6 is 0 Å². The van der Waals surface area contributed by atoms with Gasteiger partial charge in [-0.25, -0.2) is 13.6 Å². The Hall–Kier alpha value is -1.91. The van der Waals surface area contributed by atoms with E-state index in [1.807, 2.05) is 0 Å². The highest BCUT2D eigenvalue weighted by Gasteiger charge is 2.30. The number of hydrogen-bond acceptors (Lipinski definition) is 6. The molecule has 10 heteroatoms. The van der Waals surface area contributed by atoms with E-state index in [9.17, 15) is 22.4 Å². The molecule has 1 fully saturated rings. The maximum Gasteiger partial charge on any atom is 0.387 e. The van der Waals surface area contributed by atoms with Gasteiger partial charge >= 0.3 is 12.6 Å². The molecule has 1 aliphatic rings. The molecule has 0 aromatic heterocycles. The summed E-state index contributed by atoms with van der Waals surface area (Å²) >= 11 is 0. The molecule has 6 nitrogen and oxygen atoms in total. The van der Waals surface area contributed by atoms with Crippen molar-refractivity contribution in [2.75, 3.05) is 19.8 Å². The minimum atomic E-state index is -3.40. The molecule has 0 amide bonds. The molecule has 0 radical (unpaired) electrons. The lowest BCUT2D eigenvalue weighted by Crippen LogP contribution is -2.42. The Kier molecular flexibility index (Phi) is 6.35. The highest BCUT2D eigenvalue weighted by molar-refractivity contribution is 5.76. The third-order valence-electron chi connectivity index (χ3n) is 2.86. The first-order valence-electron chi connectivity index (χ1n) is 6.91. The van der Waals surface area contributed by atoms with Gasteiger partial charge < -0.3 is 23.7 Å². The maximum atomic E-state index is 13.5. The van der Waals surface area contributed by atoms with Crippen molar-refractivity contribution in [2.45, 2.75) is 25.9 Å². The fourth-order valence-corrected chi connectivity index (χ4v) is 1.92. The van der Waals surface area contributed by atoms with E-state index in [1.54, 1.807) is 6.92 Å². The van der Waals surface area contributed by atoms with E-state index in [0.29, 0.717) is 18.7 Å². The first-order chi connectivity index (χ1) is 11.4. The van der Waals surface area contributed by atoms with Crippen LogP contribution in [-0.2, 0) is 19.0 Å². The van der Waals surface area contributed by atoms with E-state index in [-0.39, 0.29) is 19.3 Å². The molecule has 134 valence electrons. The van der Waals surface area contributed by atoms with Gasteiger partial charge in [-0.3, -0.25) is 0 Å². The Morgan fingerprint density at radius 1 is 1.25 bits per heavy atom. The van der Waals surface area contributed by atoms with E-state index < -0.39 is 42.0 Å². The topological polar surface area (TPSA) is 63.2 Å². The second-order valence-corrected chi connectivity index (χ2v) is 4.59. The van der Waals surface area contributed by atoms with Crippen LogP contribution in [-0.4, -0.2) is 44.8 Å². The average molecular weight is 354 g/mol. The first kappa shape index (κ1) is 18.4. The van der Waals surface area contributed by atoms with Crippen molar-refractivity contribution in [3.63, 3.8) is 0 Å². The molecule has 2 rings (SSSR count). The number of esters is 1. The summed E-state index contributed by atoms with van der Waals surface area (Å²) in [6, 6.07) is 1.06. The van der Waals surface area contributed by atoms with Crippen molar-refractivity contribution in [1.82, 2.24) is 0 Å². The van der Waals surface area contributed by atoms with Crippen LogP contribution in [0.25, 0.3) is 0 Å². The van der Waals surface area contributed by atoms with E-state index in [2.05, 4.69) is 4.74 Å². The van der Waals surface area contributed by atoms with Gasteiger partial charge in [-0.2, -0.15) is 8.78 Å². The van der Waals surface area contributed by atoms with Crippen LogP contribution in [0.3, 0.4) is 0 Å². The van der Waals surface area contributed by atoms with Gasteiger partial charge in [0, 0.05) is 18.7 Å². The SMILES string of the molecule is CCOC1COC(C(=O)Oc2cc(F)c(OC(F)F)c(F)c2)OC1. The Labute approximate surface area is 134 Å². The maximum absolute atomic E-state index is 13.5. The van der Waals surface area contributed by atoms with Gasteiger partial charge in [-0.15, -0.1) is 0 Å². The number of benzene rings is 1. The third-order valence-corrected chi connectivity index (χ3v) is 2.86. The lowest BCUT2D eigenvalue weighted by Gasteiger charge is -2.27. The minimum Gasteiger partial charge on any atom is -0.429 e. The van der Waals surface area contributed by atoms with Crippen LogP contribution in [0, 0.1) is 11.6 Å². The minimum absolute atomic E-state index is 0.0808. The second-order valence-electron chi connectivity index (χ2n) is 4.59. The molecule has 0 aliphatic carbocycles. The number of alkyl halides is 2. The summed E-state index contributed by atoms with van der Waals surface area (Å²) < 4.78 is 74.9. The summed E-state index contributed by atoms with van der Waals surface area (Å²) in [7, 11) is 0. The Morgan fingerprint density at radius 2 is 1.83 bits per heavy atom. The van der Waals surface area contributed by atoms with E-state index in [0.717, 1.165) is 0 Å². The van der Waals surface area contributed by atoms with Gasteiger partial charge in [0.25, 0.3) is 6.29 Å². The fraction of sp³-hybridized carbons (Fsp3) is 0.500. The van der Waals surface area contributed by atoms with Crippen LogP contribution in [0.15, 0.2) is 12.1 Å². The first-order valence-corrected chi connectivity index (χ1v) is 6.91. The molecule has 1 aromatic carbocycles. The zero-order chi connectivity index (χ0) is 17.7. The van der Waals surface area contributed by atoms with Crippen molar-refractivity contribution < 1.29 is 46.0 Å². The molecule has 1 aliphatic heterocycles. The molecule has 0 atom stereocenters. The van der Waals surface area contributed by atoms with Crippen molar-refractivity contribution in [1.29, 1.82) is 0 Å². The molecule has 0 spiro atoms. The van der Waals surface area contributed by atoms with Crippen molar-refractivity contribution in [3.05, 3.63) is 23.8 Å². The largest absolute Gasteiger partial charge is 0.429 e. The van der Waals surface area contributed by atoms with E-state index >= 15 is 0 Å². The van der Waals surface area contributed by atoms with Crippen LogP contribution in [0.5, 0.6) is 11.5 Å².